The maximum absolute atomic E-state index is 13.0. The number of nitrogens with one attached hydrogen (secondary N) is 1. The first kappa shape index (κ1) is 20.9. The predicted octanol–water partition coefficient (Wildman–Crippen LogP) is 4.87. The zero-order valence-corrected chi connectivity index (χ0v) is 18.0. The van der Waals surface area contributed by atoms with Gasteiger partial charge < -0.3 is 15.0 Å². The number of anilines is 1. The van der Waals surface area contributed by atoms with E-state index in [4.69, 9.17) is 16.3 Å². The first-order valence-corrected chi connectivity index (χ1v) is 10.5. The van der Waals surface area contributed by atoms with Gasteiger partial charge in [-0.25, -0.2) is 0 Å². The number of benzene rings is 3. The number of methoxy groups -OCH3 is 1. The zero-order valence-electron chi connectivity index (χ0n) is 17.2. The summed E-state index contributed by atoms with van der Waals surface area (Å²) in [6.45, 7) is 1.01. The molecule has 0 fully saturated rings. The van der Waals surface area contributed by atoms with E-state index in [-0.39, 0.29) is 11.8 Å². The zero-order chi connectivity index (χ0) is 21.8. The molecule has 0 saturated heterocycles. The lowest BCUT2D eigenvalue weighted by Gasteiger charge is -2.30. The van der Waals surface area contributed by atoms with E-state index >= 15 is 0 Å². The van der Waals surface area contributed by atoms with E-state index in [1.165, 1.54) is 0 Å². The van der Waals surface area contributed by atoms with Crippen LogP contribution in [0, 0.1) is 0 Å². The Morgan fingerprint density at radius 3 is 2.68 bits per heavy atom. The monoisotopic (exact) mass is 434 g/mol. The van der Waals surface area contributed by atoms with E-state index < -0.39 is 0 Å². The summed E-state index contributed by atoms with van der Waals surface area (Å²) in [4.78, 5) is 27.5. The minimum Gasteiger partial charge on any atom is -0.496 e. The van der Waals surface area contributed by atoms with Crippen LogP contribution in [0.25, 0.3) is 0 Å². The fraction of sp³-hybridized carbons (Fsp3) is 0.200. The fourth-order valence-corrected chi connectivity index (χ4v) is 4.04. The molecule has 0 radical (unpaired) electrons. The number of halogens is 1. The summed E-state index contributed by atoms with van der Waals surface area (Å²) in [5, 5.41) is 3.48. The molecule has 6 heteroatoms. The molecule has 0 saturated carbocycles. The van der Waals surface area contributed by atoms with Crippen LogP contribution in [0.3, 0.4) is 0 Å². The molecule has 4 rings (SSSR count). The lowest BCUT2D eigenvalue weighted by molar-refractivity contribution is 0.0949. The van der Waals surface area contributed by atoms with Crippen LogP contribution in [0.5, 0.6) is 5.75 Å². The summed E-state index contributed by atoms with van der Waals surface area (Å²) in [6.07, 6.45) is 1.66. The molecule has 0 aliphatic carbocycles. The minimum absolute atomic E-state index is 0.0863. The van der Waals surface area contributed by atoms with E-state index in [0.29, 0.717) is 29.2 Å². The molecule has 0 atom stereocenters. The third-order valence-electron chi connectivity index (χ3n) is 5.41. The van der Waals surface area contributed by atoms with Gasteiger partial charge in [-0.05, 0) is 60.9 Å². The second-order valence-electron chi connectivity index (χ2n) is 7.41. The molecule has 0 spiro atoms. The summed E-state index contributed by atoms with van der Waals surface area (Å²) in [7, 11) is 1.61. The molecule has 5 nitrogen and oxygen atoms in total. The van der Waals surface area contributed by atoms with Gasteiger partial charge in [-0.1, -0.05) is 35.9 Å². The maximum atomic E-state index is 13.0. The molecule has 3 aromatic carbocycles. The van der Waals surface area contributed by atoms with E-state index in [9.17, 15) is 9.59 Å². The van der Waals surface area contributed by atoms with Gasteiger partial charge in [0.2, 0.25) is 0 Å². The summed E-state index contributed by atoms with van der Waals surface area (Å²) in [5.74, 6) is 0.493. The molecule has 0 unspecified atom stereocenters. The average Bonchev–Trinajstić information content (AvgIpc) is 2.81. The molecule has 1 aliphatic heterocycles. The van der Waals surface area contributed by atoms with Gasteiger partial charge in [-0.15, -0.1) is 0 Å². The summed E-state index contributed by atoms with van der Waals surface area (Å²) in [6, 6.07) is 20.1. The van der Waals surface area contributed by atoms with Gasteiger partial charge >= 0.3 is 0 Å². The third kappa shape index (κ3) is 4.57. The first-order valence-electron chi connectivity index (χ1n) is 10.2. The van der Waals surface area contributed by atoms with Crippen molar-refractivity contribution in [2.24, 2.45) is 0 Å². The quantitative estimate of drug-likeness (QED) is 0.623. The van der Waals surface area contributed by atoms with Crippen LogP contribution in [0.2, 0.25) is 5.02 Å². The summed E-state index contributed by atoms with van der Waals surface area (Å²) >= 11 is 6.05. The fourth-order valence-electron chi connectivity index (χ4n) is 3.85. The Labute approximate surface area is 186 Å². The highest BCUT2D eigenvalue weighted by Crippen LogP contribution is 2.30. The molecule has 158 valence electrons. The molecule has 1 heterocycles. The largest absolute Gasteiger partial charge is 0.496 e. The third-order valence-corrected chi connectivity index (χ3v) is 5.64. The second-order valence-corrected chi connectivity index (χ2v) is 7.85. The van der Waals surface area contributed by atoms with Crippen LogP contribution in [0.4, 0.5) is 5.69 Å². The standard InChI is InChI=1S/C25H23ClN2O3/c1-31-23-10-3-2-6-20(23)16-27-24(29)18-11-12-22-17(14-18)8-5-13-28(22)25(30)19-7-4-9-21(26)15-19/h2-4,6-7,9-12,14-15H,5,8,13,16H2,1H3,(H,27,29). The summed E-state index contributed by atoms with van der Waals surface area (Å²) < 4.78 is 5.34. The number of rotatable bonds is 5. The van der Waals surface area contributed by atoms with Gasteiger partial charge in [0.1, 0.15) is 5.75 Å². The van der Waals surface area contributed by atoms with Crippen LogP contribution in [-0.2, 0) is 13.0 Å². The molecular formula is C25H23ClN2O3. The van der Waals surface area contributed by atoms with Gasteiger partial charge in [0.05, 0.1) is 7.11 Å². The molecule has 3 aromatic rings. The number of hydrogen-bond acceptors (Lipinski definition) is 3. The molecule has 2 amide bonds. The van der Waals surface area contributed by atoms with Crippen molar-refractivity contribution in [1.29, 1.82) is 0 Å². The number of carbonyl (C=O) groups excluding carboxylic acids is 2. The van der Waals surface area contributed by atoms with Gasteiger partial charge in [0.15, 0.2) is 0 Å². The van der Waals surface area contributed by atoms with Crippen LogP contribution in [0.1, 0.15) is 38.3 Å². The maximum Gasteiger partial charge on any atom is 0.258 e. The van der Waals surface area contributed by atoms with Crippen LogP contribution in [0.15, 0.2) is 66.7 Å². The SMILES string of the molecule is COc1ccccc1CNC(=O)c1ccc2c(c1)CCCN2C(=O)c1cccc(Cl)c1. The van der Waals surface area contributed by atoms with Crippen molar-refractivity contribution in [3.8, 4) is 5.75 Å². The number of carbonyl (C=O) groups is 2. The van der Waals surface area contributed by atoms with E-state index in [1.807, 2.05) is 36.4 Å². The van der Waals surface area contributed by atoms with Crippen molar-refractivity contribution in [3.05, 3.63) is 94.0 Å². The van der Waals surface area contributed by atoms with Crippen molar-refractivity contribution in [2.75, 3.05) is 18.6 Å². The van der Waals surface area contributed by atoms with Crippen molar-refractivity contribution in [1.82, 2.24) is 5.32 Å². The van der Waals surface area contributed by atoms with Gasteiger partial charge in [0.25, 0.3) is 11.8 Å². The van der Waals surface area contributed by atoms with Crippen LogP contribution in [-0.4, -0.2) is 25.5 Å². The van der Waals surface area contributed by atoms with E-state index in [2.05, 4.69) is 5.32 Å². The van der Waals surface area contributed by atoms with Crippen LogP contribution >= 0.6 is 11.6 Å². The number of fused-ring (bicyclic) bond motifs is 1. The molecule has 1 N–H and O–H groups in total. The van der Waals surface area contributed by atoms with E-state index in [0.717, 1.165) is 35.4 Å². The van der Waals surface area contributed by atoms with Crippen molar-refractivity contribution < 1.29 is 14.3 Å². The number of aryl methyl sites for hydroxylation is 1. The number of ether oxygens (including phenoxy) is 1. The Hall–Kier alpha value is -3.31. The normalized spacial score (nSPS) is 12.8. The number of hydrogen-bond donors (Lipinski definition) is 1. The smallest absolute Gasteiger partial charge is 0.258 e. The molecular weight excluding hydrogens is 412 g/mol. The van der Waals surface area contributed by atoms with Crippen molar-refractivity contribution in [3.63, 3.8) is 0 Å². The lowest BCUT2D eigenvalue weighted by atomic mass is 9.98. The number of para-hydroxylation sites is 1. The van der Waals surface area contributed by atoms with Crippen LogP contribution < -0.4 is 15.0 Å². The highest BCUT2D eigenvalue weighted by molar-refractivity contribution is 6.31. The predicted molar refractivity (Wildman–Crippen MR) is 122 cm³/mol. The second kappa shape index (κ2) is 9.23. The summed E-state index contributed by atoms with van der Waals surface area (Å²) in [5.41, 5.74) is 3.88. The topological polar surface area (TPSA) is 58.6 Å². The Kier molecular flexibility index (Phi) is 6.23. The molecule has 31 heavy (non-hydrogen) atoms. The molecule has 0 bridgehead atoms. The average molecular weight is 435 g/mol. The van der Waals surface area contributed by atoms with Gasteiger partial charge in [0, 0.05) is 40.5 Å². The molecule has 0 aromatic heterocycles. The lowest BCUT2D eigenvalue weighted by Crippen LogP contribution is -2.35. The number of nitrogens with zero attached hydrogens (tertiary/aromatic N) is 1. The van der Waals surface area contributed by atoms with Crippen molar-refractivity contribution >= 4 is 29.1 Å². The van der Waals surface area contributed by atoms with Crippen molar-refractivity contribution in [2.45, 2.75) is 19.4 Å². The van der Waals surface area contributed by atoms with Gasteiger partial charge in [-0.2, -0.15) is 0 Å². The minimum atomic E-state index is -0.160. The Morgan fingerprint density at radius 1 is 1.03 bits per heavy atom. The highest BCUT2D eigenvalue weighted by Gasteiger charge is 2.24. The first-order chi connectivity index (χ1) is 15.1. The number of amides is 2. The Morgan fingerprint density at radius 2 is 1.87 bits per heavy atom. The molecule has 1 aliphatic rings. The Balaban J connectivity index is 1.51. The van der Waals surface area contributed by atoms with E-state index in [1.54, 1.807) is 42.3 Å². The highest BCUT2D eigenvalue weighted by atomic mass is 35.5. The Bertz CT molecular complexity index is 1130. The van der Waals surface area contributed by atoms with Gasteiger partial charge in [-0.3, -0.25) is 9.59 Å².